The van der Waals surface area contributed by atoms with E-state index in [9.17, 15) is 4.21 Å². The lowest BCUT2D eigenvalue weighted by atomic mass is 10.3. The van der Waals surface area contributed by atoms with Gasteiger partial charge in [-0.3, -0.25) is 4.21 Å². The van der Waals surface area contributed by atoms with Gasteiger partial charge in [-0.15, -0.1) is 0 Å². The fraction of sp³-hybridized carbons (Fsp3) is 0.500. The van der Waals surface area contributed by atoms with Gasteiger partial charge in [0.25, 0.3) is 0 Å². The van der Waals surface area contributed by atoms with E-state index < -0.39 is 10.8 Å². The Balaban J connectivity index is 1.97. The fourth-order valence-corrected chi connectivity index (χ4v) is 2.97. The van der Waals surface area contributed by atoms with Crippen LogP contribution in [0.5, 0.6) is 0 Å². The highest BCUT2D eigenvalue weighted by molar-refractivity contribution is 9.10. The number of hydrogen-bond acceptors (Lipinski definition) is 4. The summed E-state index contributed by atoms with van der Waals surface area (Å²) in [5, 5.41) is 3.16. The summed E-state index contributed by atoms with van der Waals surface area (Å²) in [4.78, 5) is 8.20. The Morgan fingerprint density at radius 1 is 1.50 bits per heavy atom. The Labute approximate surface area is 93.1 Å². The van der Waals surface area contributed by atoms with Gasteiger partial charge in [0.15, 0.2) is 0 Å². The van der Waals surface area contributed by atoms with Crippen LogP contribution in [0, 0.1) is 0 Å². The first-order valence-corrected chi connectivity index (χ1v) is 6.61. The Hall–Kier alpha value is -0.490. The molecule has 4 nitrogen and oxygen atoms in total. The lowest BCUT2D eigenvalue weighted by Crippen LogP contribution is -2.20. The molecule has 0 unspecified atom stereocenters. The molecule has 2 rings (SSSR count). The molecule has 0 amide bonds. The molecule has 0 aromatic carbocycles. The molecule has 0 spiro atoms. The zero-order chi connectivity index (χ0) is 9.97. The van der Waals surface area contributed by atoms with Gasteiger partial charge in [0.05, 0.1) is 4.47 Å². The number of anilines is 1. The second kappa shape index (κ2) is 4.35. The molecule has 1 N–H and O–H groups in total. The predicted molar refractivity (Wildman–Crippen MR) is 59.6 cm³/mol. The van der Waals surface area contributed by atoms with E-state index in [1.807, 2.05) is 0 Å². The van der Waals surface area contributed by atoms with Gasteiger partial charge >= 0.3 is 0 Å². The number of nitrogens with one attached hydrogen (secondary N) is 1. The first kappa shape index (κ1) is 10.0. The molecule has 2 atom stereocenters. The van der Waals surface area contributed by atoms with Crippen molar-refractivity contribution < 1.29 is 4.21 Å². The zero-order valence-electron chi connectivity index (χ0n) is 7.44. The van der Waals surface area contributed by atoms with Gasteiger partial charge in [0.2, 0.25) is 5.95 Å². The number of nitrogens with zero attached hydrogens (tertiary/aromatic N) is 2. The average molecular weight is 276 g/mol. The lowest BCUT2D eigenvalue weighted by molar-refractivity contribution is 0.686. The molecule has 6 heteroatoms. The van der Waals surface area contributed by atoms with Crippen LogP contribution in [0.15, 0.2) is 16.9 Å². The van der Waals surface area contributed by atoms with Crippen LogP contribution in [-0.2, 0) is 10.8 Å². The molecule has 14 heavy (non-hydrogen) atoms. The van der Waals surface area contributed by atoms with Crippen LogP contribution in [0.2, 0.25) is 0 Å². The SMILES string of the molecule is O=[S@]1CC[C@@H](Nc2ncc(Br)cn2)C1. The van der Waals surface area contributed by atoms with Crippen LogP contribution < -0.4 is 5.32 Å². The summed E-state index contributed by atoms with van der Waals surface area (Å²) in [6, 6.07) is 0.261. The normalized spacial score (nSPS) is 26.4. The number of halogens is 1. The van der Waals surface area contributed by atoms with E-state index in [0.717, 1.165) is 16.6 Å². The predicted octanol–water partition coefficient (Wildman–Crippen LogP) is 1.17. The number of hydrogen-bond donors (Lipinski definition) is 1. The zero-order valence-corrected chi connectivity index (χ0v) is 9.84. The van der Waals surface area contributed by atoms with Crippen molar-refractivity contribution in [2.75, 3.05) is 16.8 Å². The molecule has 0 bridgehead atoms. The van der Waals surface area contributed by atoms with Gasteiger partial charge in [-0.2, -0.15) is 0 Å². The van der Waals surface area contributed by atoms with Crippen LogP contribution in [-0.4, -0.2) is 31.7 Å². The minimum absolute atomic E-state index is 0.261. The molecule has 1 aliphatic heterocycles. The van der Waals surface area contributed by atoms with Gasteiger partial charge in [0.1, 0.15) is 0 Å². The first-order valence-electron chi connectivity index (χ1n) is 4.33. The van der Waals surface area contributed by atoms with Crippen LogP contribution in [0.3, 0.4) is 0 Å². The van der Waals surface area contributed by atoms with E-state index in [1.165, 1.54) is 0 Å². The first-order chi connectivity index (χ1) is 6.74. The van der Waals surface area contributed by atoms with Crippen molar-refractivity contribution in [3.63, 3.8) is 0 Å². The van der Waals surface area contributed by atoms with E-state index in [0.29, 0.717) is 11.7 Å². The van der Waals surface area contributed by atoms with Gasteiger partial charge in [0, 0.05) is 40.7 Å². The standard InChI is InChI=1S/C8H10BrN3OS/c9-6-3-10-8(11-4-6)12-7-1-2-14(13)5-7/h3-4,7H,1-2,5H2,(H,10,11,12)/t7-,14+/m1/s1. The summed E-state index contributed by atoms with van der Waals surface area (Å²) >= 11 is 3.27. The van der Waals surface area contributed by atoms with Crippen molar-refractivity contribution in [1.82, 2.24) is 9.97 Å². The van der Waals surface area contributed by atoms with Crippen molar-refractivity contribution in [3.8, 4) is 0 Å². The lowest BCUT2D eigenvalue weighted by Gasteiger charge is -2.09. The summed E-state index contributed by atoms with van der Waals surface area (Å²) in [6.07, 6.45) is 4.33. The molecule has 1 fully saturated rings. The summed E-state index contributed by atoms with van der Waals surface area (Å²) < 4.78 is 12.0. The minimum Gasteiger partial charge on any atom is -0.351 e. The largest absolute Gasteiger partial charge is 0.351 e. The van der Waals surface area contributed by atoms with Gasteiger partial charge in [-0.25, -0.2) is 9.97 Å². The topological polar surface area (TPSA) is 54.9 Å². The van der Waals surface area contributed by atoms with E-state index in [2.05, 4.69) is 31.2 Å². The maximum absolute atomic E-state index is 11.1. The Bertz CT molecular complexity index is 343. The highest BCUT2D eigenvalue weighted by atomic mass is 79.9. The average Bonchev–Trinajstić information content (AvgIpc) is 2.56. The third-order valence-electron chi connectivity index (χ3n) is 2.03. The fourth-order valence-electron chi connectivity index (χ4n) is 1.35. The summed E-state index contributed by atoms with van der Waals surface area (Å²) in [7, 11) is -0.658. The summed E-state index contributed by atoms with van der Waals surface area (Å²) in [5.41, 5.74) is 0. The van der Waals surface area contributed by atoms with Crippen LogP contribution in [0.4, 0.5) is 5.95 Å². The molecule has 1 aliphatic rings. The molecule has 0 aliphatic carbocycles. The van der Waals surface area contributed by atoms with Crippen molar-refractivity contribution in [2.45, 2.75) is 12.5 Å². The summed E-state index contributed by atoms with van der Waals surface area (Å²) in [6.45, 7) is 0. The molecule has 1 aromatic heterocycles. The third-order valence-corrected chi connectivity index (χ3v) is 3.91. The molecule has 0 saturated carbocycles. The van der Waals surface area contributed by atoms with Crippen molar-refractivity contribution in [3.05, 3.63) is 16.9 Å². The molecule has 76 valence electrons. The highest BCUT2D eigenvalue weighted by Gasteiger charge is 2.21. The second-order valence-electron chi connectivity index (χ2n) is 3.17. The quantitative estimate of drug-likeness (QED) is 0.881. The molecule has 2 heterocycles. The monoisotopic (exact) mass is 275 g/mol. The Kier molecular flexibility index (Phi) is 3.12. The van der Waals surface area contributed by atoms with Crippen molar-refractivity contribution in [2.24, 2.45) is 0 Å². The van der Waals surface area contributed by atoms with Gasteiger partial charge < -0.3 is 5.32 Å². The molecule has 1 aromatic rings. The molecular formula is C8H10BrN3OS. The van der Waals surface area contributed by atoms with Gasteiger partial charge in [-0.05, 0) is 22.4 Å². The number of aromatic nitrogens is 2. The maximum atomic E-state index is 11.1. The molecule has 1 saturated heterocycles. The summed E-state index contributed by atoms with van der Waals surface area (Å²) in [5.74, 6) is 2.10. The minimum atomic E-state index is -0.658. The third kappa shape index (κ3) is 2.51. The van der Waals surface area contributed by atoms with Gasteiger partial charge in [-0.1, -0.05) is 0 Å². The highest BCUT2D eigenvalue weighted by Crippen LogP contribution is 2.13. The van der Waals surface area contributed by atoms with Crippen LogP contribution in [0.1, 0.15) is 6.42 Å². The van der Waals surface area contributed by atoms with Crippen LogP contribution in [0.25, 0.3) is 0 Å². The van der Waals surface area contributed by atoms with E-state index in [-0.39, 0.29) is 6.04 Å². The van der Waals surface area contributed by atoms with Crippen LogP contribution >= 0.6 is 15.9 Å². The smallest absolute Gasteiger partial charge is 0.222 e. The van der Waals surface area contributed by atoms with E-state index >= 15 is 0 Å². The maximum Gasteiger partial charge on any atom is 0.222 e. The van der Waals surface area contributed by atoms with Crippen molar-refractivity contribution in [1.29, 1.82) is 0 Å². The number of rotatable bonds is 2. The van der Waals surface area contributed by atoms with E-state index in [4.69, 9.17) is 0 Å². The second-order valence-corrected chi connectivity index (χ2v) is 5.70. The molecular weight excluding hydrogens is 266 g/mol. The Morgan fingerprint density at radius 2 is 2.21 bits per heavy atom. The molecule has 0 radical (unpaired) electrons. The Morgan fingerprint density at radius 3 is 2.79 bits per heavy atom. The van der Waals surface area contributed by atoms with Crippen molar-refractivity contribution >= 4 is 32.7 Å². The van der Waals surface area contributed by atoms with E-state index in [1.54, 1.807) is 12.4 Å².